The van der Waals surface area contributed by atoms with E-state index in [1.165, 1.54) is 0 Å². The molecule has 98 valence electrons. The van der Waals surface area contributed by atoms with Gasteiger partial charge in [-0.3, -0.25) is 0 Å². The van der Waals surface area contributed by atoms with Crippen molar-refractivity contribution in [3.8, 4) is 11.8 Å². The number of hydrogen-bond acceptors (Lipinski definition) is 1. The highest BCUT2D eigenvalue weighted by atomic mass is 35.5. The van der Waals surface area contributed by atoms with Crippen molar-refractivity contribution in [1.82, 2.24) is 5.32 Å². The molecule has 0 bridgehead atoms. The molecule has 18 heavy (non-hydrogen) atoms. The Labute approximate surface area is 114 Å². The molecular formula is C15H19ClFN. The summed E-state index contributed by atoms with van der Waals surface area (Å²) in [6, 6.07) is 5.30. The summed E-state index contributed by atoms with van der Waals surface area (Å²) in [4.78, 5) is 0. The van der Waals surface area contributed by atoms with E-state index < -0.39 is 0 Å². The van der Waals surface area contributed by atoms with Gasteiger partial charge in [0.1, 0.15) is 5.82 Å². The van der Waals surface area contributed by atoms with Crippen molar-refractivity contribution >= 4 is 11.6 Å². The van der Waals surface area contributed by atoms with Gasteiger partial charge in [-0.25, -0.2) is 4.39 Å². The third kappa shape index (κ3) is 4.68. The van der Waals surface area contributed by atoms with Crippen molar-refractivity contribution in [2.24, 2.45) is 0 Å². The van der Waals surface area contributed by atoms with E-state index >= 15 is 0 Å². The molecule has 0 saturated heterocycles. The Balaban J connectivity index is 2.73. The zero-order valence-electron chi connectivity index (χ0n) is 10.9. The highest BCUT2D eigenvalue weighted by Gasteiger charge is 2.12. The van der Waals surface area contributed by atoms with Crippen LogP contribution in [-0.2, 0) is 6.42 Å². The molecule has 0 spiro atoms. The molecule has 0 aliphatic heterocycles. The minimum atomic E-state index is -0.313. The lowest BCUT2D eigenvalue weighted by Crippen LogP contribution is -2.31. The van der Waals surface area contributed by atoms with Gasteiger partial charge in [0.2, 0.25) is 0 Å². The lowest BCUT2D eigenvalue weighted by Gasteiger charge is -2.16. The molecule has 0 aliphatic carbocycles. The van der Waals surface area contributed by atoms with Gasteiger partial charge >= 0.3 is 0 Å². The van der Waals surface area contributed by atoms with E-state index in [4.69, 9.17) is 11.6 Å². The molecule has 0 aromatic heterocycles. The maximum atomic E-state index is 13.8. The third-order valence-electron chi connectivity index (χ3n) is 2.71. The predicted octanol–water partition coefficient (Wildman–Crippen LogP) is 3.80. The Hall–Kier alpha value is -1.04. The summed E-state index contributed by atoms with van der Waals surface area (Å²) in [6.07, 6.45) is 2.39. The zero-order valence-corrected chi connectivity index (χ0v) is 11.6. The van der Waals surface area contributed by atoms with E-state index in [1.54, 1.807) is 18.2 Å². The van der Waals surface area contributed by atoms with Crippen LogP contribution in [0.1, 0.15) is 32.3 Å². The molecule has 1 aromatic carbocycles. The molecular weight excluding hydrogens is 249 g/mol. The maximum Gasteiger partial charge on any atom is 0.145 e. The van der Waals surface area contributed by atoms with Crippen LogP contribution in [-0.4, -0.2) is 12.6 Å². The largest absolute Gasteiger partial charge is 0.313 e. The van der Waals surface area contributed by atoms with E-state index in [0.717, 1.165) is 19.4 Å². The molecule has 3 heteroatoms. The SMILES string of the molecule is CC#CCC(Cc1cccc(Cl)c1F)NCCC. The minimum absolute atomic E-state index is 0.172. The van der Waals surface area contributed by atoms with Crippen LogP contribution in [0.3, 0.4) is 0 Å². The van der Waals surface area contributed by atoms with E-state index in [-0.39, 0.29) is 16.9 Å². The first-order valence-corrected chi connectivity index (χ1v) is 6.62. The number of nitrogens with one attached hydrogen (secondary N) is 1. The van der Waals surface area contributed by atoms with Crippen LogP contribution < -0.4 is 5.32 Å². The summed E-state index contributed by atoms with van der Waals surface area (Å²) < 4.78 is 13.8. The molecule has 0 aliphatic rings. The Morgan fingerprint density at radius 1 is 1.44 bits per heavy atom. The highest BCUT2D eigenvalue weighted by molar-refractivity contribution is 6.30. The minimum Gasteiger partial charge on any atom is -0.313 e. The molecule has 1 nitrogen and oxygen atoms in total. The summed E-state index contributed by atoms with van der Waals surface area (Å²) >= 11 is 5.78. The number of halogens is 2. The first kappa shape index (κ1) is 15.0. The van der Waals surface area contributed by atoms with Gasteiger partial charge in [-0.05, 0) is 37.9 Å². The second kappa shape index (κ2) is 8.13. The summed E-state index contributed by atoms with van der Waals surface area (Å²) in [7, 11) is 0. The Kier molecular flexibility index (Phi) is 6.78. The van der Waals surface area contributed by atoms with E-state index in [9.17, 15) is 4.39 Å². The van der Waals surface area contributed by atoms with Gasteiger partial charge in [-0.2, -0.15) is 0 Å². The normalized spacial score (nSPS) is 11.8. The Morgan fingerprint density at radius 3 is 2.89 bits per heavy atom. The number of rotatable bonds is 6. The van der Waals surface area contributed by atoms with E-state index in [2.05, 4.69) is 24.1 Å². The molecule has 0 radical (unpaired) electrons. The fraction of sp³-hybridized carbons (Fsp3) is 0.467. The molecule has 1 aromatic rings. The van der Waals surface area contributed by atoms with Crippen molar-refractivity contribution in [3.05, 3.63) is 34.6 Å². The van der Waals surface area contributed by atoms with Gasteiger partial charge in [0.05, 0.1) is 5.02 Å². The molecule has 0 saturated carbocycles. The second-order valence-electron chi connectivity index (χ2n) is 4.20. The summed E-state index contributed by atoms with van der Waals surface area (Å²) in [5, 5.41) is 3.57. The molecule has 1 unspecified atom stereocenters. The van der Waals surface area contributed by atoms with Gasteiger partial charge in [-0.1, -0.05) is 30.7 Å². The van der Waals surface area contributed by atoms with Crippen molar-refractivity contribution in [2.45, 2.75) is 39.2 Å². The average Bonchev–Trinajstić information content (AvgIpc) is 2.38. The topological polar surface area (TPSA) is 12.0 Å². The fourth-order valence-corrected chi connectivity index (χ4v) is 1.96. The van der Waals surface area contributed by atoms with Gasteiger partial charge < -0.3 is 5.32 Å². The number of hydrogen-bond donors (Lipinski definition) is 1. The first-order chi connectivity index (χ1) is 8.69. The molecule has 1 N–H and O–H groups in total. The lowest BCUT2D eigenvalue weighted by atomic mass is 10.0. The summed E-state index contributed by atoms with van der Waals surface area (Å²) in [5.41, 5.74) is 0.647. The van der Waals surface area contributed by atoms with Crippen LogP contribution in [0.5, 0.6) is 0 Å². The predicted molar refractivity (Wildman–Crippen MR) is 75.3 cm³/mol. The van der Waals surface area contributed by atoms with Crippen molar-refractivity contribution in [2.75, 3.05) is 6.54 Å². The van der Waals surface area contributed by atoms with E-state index in [0.29, 0.717) is 12.0 Å². The molecule has 0 fully saturated rings. The van der Waals surface area contributed by atoms with Crippen LogP contribution in [0, 0.1) is 17.7 Å². The molecule has 1 atom stereocenters. The smallest absolute Gasteiger partial charge is 0.145 e. The molecule has 0 amide bonds. The van der Waals surface area contributed by atoms with Crippen LogP contribution >= 0.6 is 11.6 Å². The third-order valence-corrected chi connectivity index (χ3v) is 3.00. The van der Waals surface area contributed by atoms with Gasteiger partial charge in [-0.15, -0.1) is 11.8 Å². The quantitative estimate of drug-likeness (QED) is 0.773. The average molecular weight is 268 g/mol. The molecule has 1 rings (SSSR count). The van der Waals surface area contributed by atoms with Crippen molar-refractivity contribution < 1.29 is 4.39 Å². The van der Waals surface area contributed by atoms with Gasteiger partial charge in [0.25, 0.3) is 0 Å². The van der Waals surface area contributed by atoms with Crippen molar-refractivity contribution in [3.63, 3.8) is 0 Å². The standard InChI is InChI=1S/C15H19ClFN/c1-3-5-8-13(18-10-4-2)11-12-7-6-9-14(16)15(12)17/h6-7,9,13,18H,4,8,10-11H2,1-2H3. The lowest BCUT2D eigenvalue weighted by molar-refractivity contribution is 0.503. The van der Waals surface area contributed by atoms with Gasteiger partial charge in [0.15, 0.2) is 0 Å². The zero-order chi connectivity index (χ0) is 13.4. The fourth-order valence-electron chi connectivity index (χ4n) is 1.76. The summed E-state index contributed by atoms with van der Waals surface area (Å²) in [5.74, 6) is 5.61. The summed E-state index contributed by atoms with van der Waals surface area (Å²) in [6.45, 7) is 4.84. The monoisotopic (exact) mass is 267 g/mol. The van der Waals surface area contributed by atoms with Crippen LogP contribution in [0.15, 0.2) is 18.2 Å². The van der Waals surface area contributed by atoms with Gasteiger partial charge in [0, 0.05) is 12.5 Å². The van der Waals surface area contributed by atoms with Crippen LogP contribution in [0.25, 0.3) is 0 Å². The van der Waals surface area contributed by atoms with E-state index in [1.807, 2.05) is 6.92 Å². The maximum absolute atomic E-state index is 13.8. The highest BCUT2D eigenvalue weighted by Crippen LogP contribution is 2.19. The molecule has 0 heterocycles. The Bertz CT molecular complexity index is 434. The van der Waals surface area contributed by atoms with Crippen molar-refractivity contribution in [1.29, 1.82) is 0 Å². The first-order valence-electron chi connectivity index (χ1n) is 6.24. The second-order valence-corrected chi connectivity index (χ2v) is 4.61. The van der Waals surface area contributed by atoms with Crippen LogP contribution in [0.2, 0.25) is 5.02 Å². The van der Waals surface area contributed by atoms with Crippen LogP contribution in [0.4, 0.5) is 4.39 Å². The number of benzene rings is 1. The Morgan fingerprint density at radius 2 is 2.22 bits per heavy atom.